The molecule has 1 rings (SSSR count). The molecule has 0 aliphatic carbocycles. The first-order valence-electron chi connectivity index (χ1n) is 5.64. The van der Waals surface area contributed by atoms with E-state index in [1.165, 1.54) is 18.2 Å². The molecule has 1 aromatic carbocycles. The van der Waals surface area contributed by atoms with Crippen LogP contribution in [0.1, 0.15) is 28.2 Å². The number of carboxylic acid groups (broad SMARTS) is 1. The quantitative estimate of drug-likeness (QED) is 0.323. The van der Waals surface area contributed by atoms with Gasteiger partial charge in [-0.2, -0.15) is 0 Å². The molecular weight excluding hydrogens is 286 g/mol. The van der Waals surface area contributed by atoms with E-state index in [1.807, 2.05) is 0 Å². The fraction of sp³-hybridized carbons (Fsp3) is 0.250. The Labute approximate surface area is 120 Å². The number of aliphatic imine (C=N–C) groups is 1. The highest BCUT2D eigenvalue weighted by atomic mass is 35.5. The average Bonchev–Trinajstić information content (AvgIpc) is 2.37. The first kappa shape index (κ1) is 15.8. The number of esters is 1. The van der Waals surface area contributed by atoms with Crippen LogP contribution in [0, 0.1) is 0 Å². The zero-order chi connectivity index (χ0) is 15.3. The van der Waals surface area contributed by atoms with Crippen LogP contribution in [0.15, 0.2) is 23.2 Å². The predicted molar refractivity (Wildman–Crippen MR) is 74.1 cm³/mol. The normalized spacial score (nSPS) is 11.5. The molecule has 0 aliphatic rings. The van der Waals surface area contributed by atoms with Gasteiger partial charge in [0, 0.05) is 0 Å². The summed E-state index contributed by atoms with van der Waals surface area (Å²) in [6.45, 7) is 1.78. The first-order chi connectivity index (χ1) is 9.36. The summed E-state index contributed by atoms with van der Waals surface area (Å²) in [5, 5.41) is 7.95. The lowest BCUT2D eigenvalue weighted by molar-refractivity contribution is -0.142. The van der Waals surface area contributed by atoms with Gasteiger partial charge in [0.2, 0.25) is 0 Å². The van der Waals surface area contributed by atoms with E-state index < -0.39 is 17.3 Å². The van der Waals surface area contributed by atoms with Crippen molar-refractivity contribution < 1.29 is 19.4 Å². The average molecular weight is 300 g/mol. The molecule has 0 bridgehead atoms. The van der Waals surface area contributed by atoms with Crippen molar-refractivity contribution in [1.29, 1.82) is 0 Å². The van der Waals surface area contributed by atoms with Gasteiger partial charge in [-0.15, -0.1) is 11.6 Å². The Hall–Kier alpha value is -2.28. The maximum absolute atomic E-state index is 11.6. The standard InChI is InChI=1S/C12H14ClN3O4/c1-2-20-11(19)9(13)7-4-3-6(16-12(14)15)5-8(7)10(17)18/h3-5,9H,2H2,1H3,(H,17,18)(H4,14,15,16)/t9-/m0/s1. The van der Waals surface area contributed by atoms with Crippen LogP contribution in [0.2, 0.25) is 0 Å². The van der Waals surface area contributed by atoms with Crippen LogP contribution in [0.25, 0.3) is 0 Å². The summed E-state index contributed by atoms with van der Waals surface area (Å²) >= 11 is 5.92. The number of carbonyl (C=O) groups excluding carboxylic acids is 1. The Morgan fingerprint density at radius 3 is 2.60 bits per heavy atom. The molecule has 0 saturated heterocycles. The number of aromatic carboxylic acids is 1. The molecule has 8 heteroatoms. The molecule has 0 spiro atoms. The lowest BCUT2D eigenvalue weighted by Gasteiger charge is -2.12. The minimum absolute atomic E-state index is 0.118. The molecule has 0 aromatic heterocycles. The van der Waals surface area contributed by atoms with Crippen molar-refractivity contribution in [2.45, 2.75) is 12.3 Å². The van der Waals surface area contributed by atoms with E-state index in [-0.39, 0.29) is 29.4 Å². The summed E-state index contributed by atoms with van der Waals surface area (Å²) in [6.07, 6.45) is 0. The summed E-state index contributed by atoms with van der Waals surface area (Å²) in [6, 6.07) is 4.06. The Bertz CT molecular complexity index is 556. The van der Waals surface area contributed by atoms with Crippen LogP contribution >= 0.6 is 11.6 Å². The van der Waals surface area contributed by atoms with Gasteiger partial charge in [-0.05, 0) is 24.6 Å². The van der Waals surface area contributed by atoms with E-state index >= 15 is 0 Å². The van der Waals surface area contributed by atoms with Crippen molar-refractivity contribution >= 4 is 35.2 Å². The van der Waals surface area contributed by atoms with Gasteiger partial charge in [0.1, 0.15) is 0 Å². The molecule has 0 amide bonds. The number of rotatable bonds is 5. The number of hydrogen-bond acceptors (Lipinski definition) is 4. The second-order valence-corrected chi connectivity index (χ2v) is 4.16. The Morgan fingerprint density at radius 2 is 2.10 bits per heavy atom. The predicted octanol–water partition coefficient (Wildman–Crippen LogP) is 1.13. The van der Waals surface area contributed by atoms with E-state index in [0.717, 1.165) is 0 Å². The number of hydrogen-bond donors (Lipinski definition) is 3. The third-order valence-corrected chi connectivity index (χ3v) is 2.71. The molecule has 0 unspecified atom stereocenters. The van der Waals surface area contributed by atoms with Gasteiger partial charge in [0.15, 0.2) is 11.3 Å². The Kier molecular flexibility index (Phi) is 5.33. The highest BCUT2D eigenvalue weighted by Gasteiger charge is 2.24. The zero-order valence-corrected chi connectivity index (χ0v) is 11.4. The summed E-state index contributed by atoms with van der Waals surface area (Å²) < 4.78 is 4.76. The van der Waals surface area contributed by atoms with Crippen molar-refractivity contribution in [3.8, 4) is 0 Å². The molecule has 0 saturated carbocycles. The van der Waals surface area contributed by atoms with Gasteiger partial charge in [0.25, 0.3) is 0 Å². The van der Waals surface area contributed by atoms with E-state index in [1.54, 1.807) is 6.92 Å². The van der Waals surface area contributed by atoms with Gasteiger partial charge in [-0.3, -0.25) is 4.79 Å². The maximum Gasteiger partial charge on any atom is 0.336 e. The molecular formula is C12H14ClN3O4. The van der Waals surface area contributed by atoms with Crippen molar-refractivity contribution in [2.24, 2.45) is 16.5 Å². The van der Waals surface area contributed by atoms with Gasteiger partial charge in [-0.1, -0.05) is 6.07 Å². The molecule has 0 heterocycles. The molecule has 0 fully saturated rings. The molecule has 20 heavy (non-hydrogen) atoms. The third-order valence-electron chi connectivity index (χ3n) is 2.29. The number of nitrogens with zero attached hydrogens (tertiary/aromatic N) is 1. The summed E-state index contributed by atoms with van der Waals surface area (Å²) in [4.78, 5) is 26.5. The van der Waals surface area contributed by atoms with Crippen molar-refractivity contribution in [3.63, 3.8) is 0 Å². The smallest absolute Gasteiger partial charge is 0.336 e. The van der Waals surface area contributed by atoms with Crippen molar-refractivity contribution in [3.05, 3.63) is 29.3 Å². The molecule has 0 aliphatic heterocycles. The number of alkyl halides is 1. The number of carboxylic acids is 1. The SMILES string of the molecule is CCOC(=O)[C@@H](Cl)c1ccc(N=C(N)N)cc1C(=O)O. The number of halogens is 1. The molecule has 5 N–H and O–H groups in total. The fourth-order valence-corrected chi connectivity index (χ4v) is 1.76. The van der Waals surface area contributed by atoms with Crippen LogP contribution in [-0.4, -0.2) is 29.6 Å². The first-order valence-corrected chi connectivity index (χ1v) is 6.08. The van der Waals surface area contributed by atoms with E-state index in [2.05, 4.69) is 4.99 Å². The van der Waals surface area contributed by atoms with Crippen LogP contribution < -0.4 is 11.5 Å². The van der Waals surface area contributed by atoms with Crippen molar-refractivity contribution in [1.82, 2.24) is 0 Å². The number of nitrogens with two attached hydrogens (primary N) is 2. The highest BCUT2D eigenvalue weighted by Crippen LogP contribution is 2.28. The third kappa shape index (κ3) is 3.86. The largest absolute Gasteiger partial charge is 0.478 e. The number of guanidine groups is 1. The zero-order valence-electron chi connectivity index (χ0n) is 10.7. The van der Waals surface area contributed by atoms with Crippen LogP contribution in [0.5, 0.6) is 0 Å². The number of ether oxygens (including phenoxy) is 1. The topological polar surface area (TPSA) is 128 Å². The van der Waals surface area contributed by atoms with Gasteiger partial charge >= 0.3 is 11.9 Å². The highest BCUT2D eigenvalue weighted by molar-refractivity contribution is 6.30. The molecule has 0 radical (unpaired) electrons. The van der Waals surface area contributed by atoms with Crippen LogP contribution in [0.4, 0.5) is 5.69 Å². The lowest BCUT2D eigenvalue weighted by atomic mass is 10.0. The molecule has 7 nitrogen and oxygen atoms in total. The second kappa shape index (κ2) is 6.76. The van der Waals surface area contributed by atoms with Crippen LogP contribution in [-0.2, 0) is 9.53 Å². The van der Waals surface area contributed by atoms with Crippen molar-refractivity contribution in [2.75, 3.05) is 6.61 Å². The Balaban J connectivity index is 3.23. The number of benzene rings is 1. The van der Waals surface area contributed by atoms with E-state index in [0.29, 0.717) is 0 Å². The summed E-state index contributed by atoms with van der Waals surface area (Å²) in [7, 11) is 0. The summed E-state index contributed by atoms with van der Waals surface area (Å²) in [5.41, 5.74) is 10.6. The van der Waals surface area contributed by atoms with Gasteiger partial charge in [-0.25, -0.2) is 9.79 Å². The molecule has 1 atom stereocenters. The van der Waals surface area contributed by atoms with Gasteiger partial charge in [0.05, 0.1) is 17.9 Å². The number of carbonyl (C=O) groups is 2. The fourth-order valence-electron chi connectivity index (χ4n) is 1.51. The second-order valence-electron chi connectivity index (χ2n) is 3.73. The maximum atomic E-state index is 11.6. The minimum Gasteiger partial charge on any atom is -0.478 e. The summed E-state index contributed by atoms with van der Waals surface area (Å²) in [5.74, 6) is -2.17. The molecule has 1 aromatic rings. The van der Waals surface area contributed by atoms with E-state index in [4.69, 9.17) is 32.9 Å². The minimum atomic E-state index is -1.25. The lowest BCUT2D eigenvalue weighted by Crippen LogP contribution is -2.22. The van der Waals surface area contributed by atoms with Crippen LogP contribution in [0.3, 0.4) is 0 Å². The monoisotopic (exact) mass is 299 g/mol. The van der Waals surface area contributed by atoms with E-state index in [9.17, 15) is 9.59 Å². The van der Waals surface area contributed by atoms with Gasteiger partial charge < -0.3 is 21.3 Å². The molecule has 108 valence electrons. The Morgan fingerprint density at radius 1 is 1.45 bits per heavy atom.